The maximum Gasteiger partial charge on any atom is -1.00 e. The van der Waals surface area contributed by atoms with Crippen LogP contribution < -0.4 is 35.3 Å². The summed E-state index contributed by atoms with van der Waals surface area (Å²) in [6, 6.07) is 33.9. The average Bonchev–Trinajstić information content (AvgIpc) is 3.60. The first-order valence-electron chi connectivity index (χ1n) is 14.3. The zero-order valence-corrected chi connectivity index (χ0v) is 27.6. The van der Waals surface area contributed by atoms with Crippen molar-refractivity contribution in [2.24, 2.45) is 0 Å². The largest absolute Gasteiger partial charge is 1.00 e. The van der Waals surface area contributed by atoms with E-state index in [1.165, 1.54) is 59.8 Å². The average molecular weight is 661 g/mol. The minimum Gasteiger partial charge on any atom is -1.00 e. The van der Waals surface area contributed by atoms with Crippen LogP contribution in [0, 0.1) is 0 Å². The van der Waals surface area contributed by atoms with Gasteiger partial charge in [0.05, 0.1) is 0 Å². The van der Waals surface area contributed by atoms with E-state index in [4.69, 9.17) is 0 Å². The molecule has 0 amide bonds. The topological polar surface area (TPSA) is 0 Å². The number of rotatable bonds is 3. The number of benzene rings is 5. The molecular weight excluding hydrogens is 631 g/mol. The van der Waals surface area contributed by atoms with E-state index in [1.807, 2.05) is 0 Å². The SMILES string of the molecule is C[C](C)=[Zr+2]([C]1=CC=c2c1c1c(c3ccccc23)=CC=CC1)[CH]1C(c2cccc3ccccc23)=Cc2ccccc21.[Cl-].[Cl-]. The molecule has 5 aromatic carbocycles. The normalized spacial score (nSPS) is 15.5. The van der Waals surface area contributed by atoms with Crippen molar-refractivity contribution in [1.82, 2.24) is 0 Å². The molecule has 204 valence electrons. The van der Waals surface area contributed by atoms with Crippen LogP contribution in [-0.4, -0.2) is 3.21 Å². The van der Waals surface area contributed by atoms with Crippen molar-refractivity contribution in [1.29, 1.82) is 0 Å². The summed E-state index contributed by atoms with van der Waals surface area (Å²) in [4.78, 5) is 0. The van der Waals surface area contributed by atoms with Crippen LogP contribution in [0.3, 0.4) is 0 Å². The first kappa shape index (κ1) is 29.0. The summed E-state index contributed by atoms with van der Waals surface area (Å²) in [6.45, 7) is 4.85. The molecule has 1 atom stereocenters. The summed E-state index contributed by atoms with van der Waals surface area (Å²) < 4.78 is 3.76. The minimum absolute atomic E-state index is 0. The summed E-state index contributed by atoms with van der Waals surface area (Å²) in [5.41, 5.74) is 8.91. The fourth-order valence-corrected chi connectivity index (χ4v) is 15.6. The van der Waals surface area contributed by atoms with Crippen LogP contribution in [0.2, 0.25) is 0 Å². The molecule has 0 aliphatic heterocycles. The molecule has 0 nitrogen and oxygen atoms in total. The van der Waals surface area contributed by atoms with E-state index in [1.54, 1.807) is 12.1 Å². The van der Waals surface area contributed by atoms with Gasteiger partial charge in [0.15, 0.2) is 0 Å². The Balaban J connectivity index is 0.00000158. The summed E-state index contributed by atoms with van der Waals surface area (Å²) in [5, 5.41) is 8.32. The molecule has 0 fully saturated rings. The first-order chi connectivity index (χ1) is 19.7. The number of fused-ring (bicyclic) bond motifs is 8. The molecule has 42 heavy (non-hydrogen) atoms. The van der Waals surface area contributed by atoms with Crippen LogP contribution in [0.25, 0.3) is 48.6 Å². The van der Waals surface area contributed by atoms with Gasteiger partial charge in [-0.3, -0.25) is 0 Å². The third-order valence-electron chi connectivity index (χ3n) is 8.96. The van der Waals surface area contributed by atoms with Gasteiger partial charge in [-0.05, 0) is 0 Å². The van der Waals surface area contributed by atoms with E-state index in [0.717, 1.165) is 6.42 Å². The van der Waals surface area contributed by atoms with Gasteiger partial charge in [0.25, 0.3) is 0 Å². The predicted molar refractivity (Wildman–Crippen MR) is 170 cm³/mol. The smallest absolute Gasteiger partial charge is 1.00 e. The number of halogens is 2. The Bertz CT molecular complexity index is 2150. The molecule has 3 heteroatoms. The van der Waals surface area contributed by atoms with Crippen molar-refractivity contribution in [2.45, 2.75) is 23.9 Å². The third-order valence-corrected chi connectivity index (χ3v) is 17.0. The van der Waals surface area contributed by atoms with Gasteiger partial charge < -0.3 is 24.8 Å². The van der Waals surface area contributed by atoms with E-state index in [0.29, 0.717) is 3.63 Å². The van der Waals surface area contributed by atoms with Crippen LogP contribution >= 0.6 is 0 Å². The number of allylic oxidation sites excluding steroid dienone is 4. The van der Waals surface area contributed by atoms with Gasteiger partial charge in [-0.2, -0.15) is 0 Å². The van der Waals surface area contributed by atoms with Gasteiger partial charge in [-0.25, -0.2) is 0 Å². The van der Waals surface area contributed by atoms with E-state index >= 15 is 0 Å². The zero-order chi connectivity index (χ0) is 26.8. The van der Waals surface area contributed by atoms with E-state index in [-0.39, 0.29) is 24.8 Å². The van der Waals surface area contributed by atoms with E-state index < -0.39 is 21.3 Å². The van der Waals surface area contributed by atoms with Gasteiger partial charge in [-0.15, -0.1) is 0 Å². The van der Waals surface area contributed by atoms with Crippen LogP contribution in [-0.2, 0) is 27.7 Å². The Kier molecular flexibility index (Phi) is 7.97. The molecule has 0 saturated carbocycles. The molecular formula is C39H30Cl2Zr. The minimum atomic E-state index is -2.50. The fraction of sp³-hybridized carbons (Fsp3) is 0.103. The van der Waals surface area contributed by atoms with E-state index in [2.05, 4.69) is 141 Å². The van der Waals surface area contributed by atoms with Crippen LogP contribution in [0.15, 0.2) is 109 Å². The molecule has 5 aromatic rings. The van der Waals surface area contributed by atoms with Gasteiger partial charge in [0.2, 0.25) is 0 Å². The van der Waals surface area contributed by atoms with Crippen molar-refractivity contribution in [2.75, 3.05) is 0 Å². The maximum absolute atomic E-state index is 2.53. The Hall–Kier alpha value is -3.09. The van der Waals surface area contributed by atoms with Crippen LogP contribution in [0.1, 0.15) is 45.3 Å². The fourth-order valence-electron chi connectivity index (χ4n) is 7.31. The molecule has 0 aromatic heterocycles. The number of hydrogen-bond acceptors (Lipinski definition) is 0. The molecule has 0 radical (unpaired) electrons. The van der Waals surface area contributed by atoms with Crippen molar-refractivity contribution in [3.63, 3.8) is 0 Å². The Morgan fingerprint density at radius 3 is 2.19 bits per heavy atom. The second kappa shape index (κ2) is 11.5. The molecule has 8 rings (SSSR count). The molecule has 0 N–H and O–H groups in total. The summed E-state index contributed by atoms with van der Waals surface area (Å²) in [5.74, 6) is 0. The predicted octanol–water partition coefficient (Wildman–Crippen LogP) is 2.15. The standard InChI is InChI=1S/C19H13.C17H11.C3H6.2ClH.Zr/c1-2-8-16-13-17(12-15(16)7-1)19-11-5-9-14-6-3-4-10-18(14)19;1-3-8-14-12(6-1)13-7-2-4-9-15(13)17-11-5-10-16(14)17;1-3-2;;;/h1-13H;1-8,10H,9H2;1-2H3;2*1H;/q;;;;;+2/p-2. The second-order valence-electron chi connectivity index (χ2n) is 11.4. The third kappa shape index (κ3) is 4.41. The number of hydrogen-bond donors (Lipinski definition) is 0. The van der Waals surface area contributed by atoms with E-state index in [9.17, 15) is 0 Å². The Morgan fingerprint density at radius 1 is 0.690 bits per heavy atom. The summed E-state index contributed by atoms with van der Waals surface area (Å²) in [7, 11) is 0. The Labute approximate surface area is 267 Å². The molecule has 0 saturated heterocycles. The van der Waals surface area contributed by atoms with Crippen LogP contribution in [0.5, 0.6) is 0 Å². The monoisotopic (exact) mass is 658 g/mol. The van der Waals surface area contributed by atoms with Gasteiger partial charge in [0, 0.05) is 0 Å². The summed E-state index contributed by atoms with van der Waals surface area (Å²) in [6.07, 6.45) is 15.4. The van der Waals surface area contributed by atoms with Crippen molar-refractivity contribution >= 4 is 51.8 Å². The maximum atomic E-state index is 2.53. The first-order valence-corrected chi connectivity index (χ1v) is 18.2. The molecule has 1 unspecified atom stereocenters. The van der Waals surface area contributed by atoms with Gasteiger partial charge in [0.1, 0.15) is 0 Å². The van der Waals surface area contributed by atoms with Gasteiger partial charge >= 0.3 is 244 Å². The van der Waals surface area contributed by atoms with Crippen molar-refractivity contribution < 1.29 is 46.1 Å². The Morgan fingerprint density at radius 2 is 1.38 bits per heavy atom. The molecule has 0 spiro atoms. The zero-order valence-electron chi connectivity index (χ0n) is 23.7. The quantitative estimate of drug-likeness (QED) is 0.279. The van der Waals surface area contributed by atoms with Crippen LogP contribution in [0.4, 0.5) is 0 Å². The molecule has 0 heterocycles. The molecule has 0 bridgehead atoms. The molecule has 3 aliphatic carbocycles. The summed E-state index contributed by atoms with van der Waals surface area (Å²) >= 11 is -2.50. The van der Waals surface area contributed by atoms with Gasteiger partial charge in [-0.1, -0.05) is 0 Å². The molecule has 3 aliphatic rings. The van der Waals surface area contributed by atoms with Crippen molar-refractivity contribution in [3.8, 4) is 0 Å². The second-order valence-corrected chi connectivity index (χ2v) is 18.6. The van der Waals surface area contributed by atoms with Crippen molar-refractivity contribution in [3.05, 3.63) is 147 Å².